The summed E-state index contributed by atoms with van der Waals surface area (Å²) in [7, 11) is 0. The van der Waals surface area contributed by atoms with Gasteiger partial charge in [0.05, 0.1) is 23.4 Å². The zero-order valence-electron chi connectivity index (χ0n) is 14.7. The third kappa shape index (κ3) is 5.77. The highest BCUT2D eigenvalue weighted by atomic mass is 19.4. The normalized spacial score (nSPS) is 13.5. The average Bonchev–Trinajstić information content (AvgIpc) is 3.14. The minimum Gasteiger partial charge on any atom is -0.491 e. The van der Waals surface area contributed by atoms with Crippen LogP contribution in [0.4, 0.5) is 13.2 Å². The van der Waals surface area contributed by atoms with Gasteiger partial charge in [-0.15, -0.1) is 0 Å². The molecule has 1 aromatic heterocycles. The highest BCUT2D eigenvalue weighted by Gasteiger charge is 2.34. The van der Waals surface area contributed by atoms with Crippen LogP contribution in [0.2, 0.25) is 0 Å². The molecule has 2 atom stereocenters. The summed E-state index contributed by atoms with van der Waals surface area (Å²) >= 11 is 0. The zero-order valence-corrected chi connectivity index (χ0v) is 14.7. The third-order valence-corrected chi connectivity index (χ3v) is 3.59. The number of rotatable bonds is 7. The molecule has 2 amide bonds. The highest BCUT2D eigenvalue weighted by molar-refractivity contribution is 5.97. The molecule has 6 nitrogen and oxygen atoms in total. The van der Waals surface area contributed by atoms with Gasteiger partial charge in [-0.2, -0.15) is 13.2 Å². The van der Waals surface area contributed by atoms with Crippen molar-refractivity contribution >= 4 is 11.8 Å². The molecule has 0 spiro atoms. The van der Waals surface area contributed by atoms with Crippen LogP contribution in [-0.2, 0) is 11.0 Å². The van der Waals surface area contributed by atoms with Crippen LogP contribution < -0.4 is 15.4 Å². The lowest BCUT2D eigenvalue weighted by Crippen LogP contribution is -2.48. The molecule has 2 aromatic rings. The summed E-state index contributed by atoms with van der Waals surface area (Å²) < 4.78 is 48.8. The van der Waals surface area contributed by atoms with E-state index in [1.165, 1.54) is 43.7 Å². The van der Waals surface area contributed by atoms with E-state index in [0.717, 1.165) is 6.07 Å². The van der Waals surface area contributed by atoms with E-state index in [0.29, 0.717) is 0 Å². The van der Waals surface area contributed by atoms with Crippen molar-refractivity contribution in [1.82, 2.24) is 10.6 Å². The molecular weight excluding hydrogens is 365 g/mol. The van der Waals surface area contributed by atoms with E-state index in [9.17, 15) is 22.8 Å². The Morgan fingerprint density at radius 3 is 2.48 bits per heavy atom. The first-order valence-electron chi connectivity index (χ1n) is 8.11. The Kier molecular flexibility index (Phi) is 6.49. The molecule has 146 valence electrons. The zero-order chi connectivity index (χ0) is 20.0. The SMILES string of the molecule is CC(COc1ccccc1C(F)(F)F)NC(=O)C(C)NC(=O)c1ccoc1. The molecule has 1 heterocycles. The molecular formula is C18H19F3N2O4. The van der Waals surface area contributed by atoms with Crippen molar-refractivity contribution in [3.8, 4) is 5.75 Å². The number of halogens is 3. The van der Waals surface area contributed by atoms with Crippen LogP contribution in [0.3, 0.4) is 0 Å². The van der Waals surface area contributed by atoms with Crippen LogP contribution >= 0.6 is 0 Å². The van der Waals surface area contributed by atoms with Crippen molar-refractivity contribution in [2.45, 2.75) is 32.1 Å². The van der Waals surface area contributed by atoms with Gasteiger partial charge in [-0.05, 0) is 32.0 Å². The van der Waals surface area contributed by atoms with Gasteiger partial charge >= 0.3 is 6.18 Å². The molecule has 0 saturated carbocycles. The summed E-state index contributed by atoms with van der Waals surface area (Å²) in [6.07, 6.45) is -1.96. The molecule has 2 rings (SSSR count). The molecule has 0 radical (unpaired) electrons. The van der Waals surface area contributed by atoms with E-state index in [1.54, 1.807) is 6.92 Å². The van der Waals surface area contributed by atoms with Crippen molar-refractivity contribution in [2.24, 2.45) is 0 Å². The molecule has 9 heteroatoms. The number of hydrogen-bond donors (Lipinski definition) is 2. The van der Waals surface area contributed by atoms with Crippen molar-refractivity contribution in [3.05, 3.63) is 54.0 Å². The van der Waals surface area contributed by atoms with Crippen LogP contribution in [0, 0.1) is 0 Å². The predicted molar refractivity (Wildman–Crippen MR) is 90.2 cm³/mol. The fourth-order valence-corrected chi connectivity index (χ4v) is 2.19. The van der Waals surface area contributed by atoms with Gasteiger partial charge in [0.1, 0.15) is 24.7 Å². The smallest absolute Gasteiger partial charge is 0.419 e. The summed E-state index contributed by atoms with van der Waals surface area (Å²) in [5.74, 6) is -1.28. The van der Waals surface area contributed by atoms with Crippen LogP contribution in [0.15, 0.2) is 47.3 Å². The number of benzene rings is 1. The standard InChI is InChI=1S/C18H19F3N2O4/c1-11(9-27-15-6-4-3-5-14(15)18(19,20)21)22-16(24)12(2)23-17(25)13-7-8-26-10-13/h3-8,10-12H,9H2,1-2H3,(H,22,24)(H,23,25). The maximum atomic E-state index is 12.9. The summed E-state index contributed by atoms with van der Waals surface area (Å²) in [6.45, 7) is 2.90. The van der Waals surface area contributed by atoms with Crippen molar-refractivity contribution in [2.75, 3.05) is 6.61 Å². The fraction of sp³-hybridized carbons (Fsp3) is 0.333. The maximum Gasteiger partial charge on any atom is 0.419 e. The van der Waals surface area contributed by atoms with E-state index in [1.807, 2.05) is 0 Å². The fourth-order valence-electron chi connectivity index (χ4n) is 2.19. The van der Waals surface area contributed by atoms with Gasteiger partial charge in [0.25, 0.3) is 5.91 Å². The number of nitrogens with one attached hydrogen (secondary N) is 2. The van der Waals surface area contributed by atoms with E-state index in [-0.39, 0.29) is 17.9 Å². The highest BCUT2D eigenvalue weighted by Crippen LogP contribution is 2.35. The third-order valence-electron chi connectivity index (χ3n) is 3.59. The Morgan fingerprint density at radius 2 is 1.85 bits per heavy atom. The first kappa shape index (κ1) is 20.3. The van der Waals surface area contributed by atoms with Crippen molar-refractivity contribution < 1.29 is 31.9 Å². The molecule has 2 unspecified atom stereocenters. The van der Waals surface area contributed by atoms with Crippen LogP contribution in [0.1, 0.15) is 29.8 Å². The Labute approximate surface area is 153 Å². The van der Waals surface area contributed by atoms with Crippen LogP contribution in [0.25, 0.3) is 0 Å². The van der Waals surface area contributed by atoms with Crippen LogP contribution in [0.5, 0.6) is 5.75 Å². The number of ether oxygens (including phenoxy) is 1. The second-order valence-corrected chi connectivity index (χ2v) is 5.92. The molecule has 2 N–H and O–H groups in total. The Morgan fingerprint density at radius 1 is 1.15 bits per heavy atom. The molecule has 1 aromatic carbocycles. The van der Waals surface area contributed by atoms with E-state index < -0.39 is 35.6 Å². The lowest BCUT2D eigenvalue weighted by molar-refractivity contribution is -0.139. The number of amides is 2. The Hall–Kier alpha value is -2.97. The lowest BCUT2D eigenvalue weighted by Gasteiger charge is -2.20. The lowest BCUT2D eigenvalue weighted by atomic mass is 10.2. The number of furan rings is 1. The second kappa shape index (κ2) is 8.61. The van der Waals surface area contributed by atoms with Gasteiger partial charge < -0.3 is 19.8 Å². The summed E-state index contributed by atoms with van der Waals surface area (Å²) in [5.41, 5.74) is -0.612. The first-order valence-corrected chi connectivity index (χ1v) is 8.11. The largest absolute Gasteiger partial charge is 0.491 e. The monoisotopic (exact) mass is 384 g/mol. The number of para-hydroxylation sites is 1. The average molecular weight is 384 g/mol. The topological polar surface area (TPSA) is 80.6 Å². The molecule has 0 aliphatic rings. The molecule has 27 heavy (non-hydrogen) atoms. The minimum absolute atomic E-state index is 0.165. The van der Waals surface area contributed by atoms with Crippen molar-refractivity contribution in [1.29, 1.82) is 0 Å². The number of carbonyl (C=O) groups is 2. The molecule has 0 aliphatic heterocycles. The van der Waals surface area contributed by atoms with E-state index in [2.05, 4.69) is 10.6 Å². The number of alkyl halides is 3. The van der Waals surface area contributed by atoms with Crippen molar-refractivity contribution in [3.63, 3.8) is 0 Å². The van der Waals surface area contributed by atoms with Gasteiger partial charge in [0, 0.05) is 0 Å². The predicted octanol–water partition coefficient (Wildman–Crippen LogP) is 3.00. The van der Waals surface area contributed by atoms with Gasteiger partial charge in [-0.3, -0.25) is 9.59 Å². The molecule has 0 fully saturated rings. The van der Waals surface area contributed by atoms with Crippen LogP contribution in [-0.4, -0.2) is 30.5 Å². The maximum absolute atomic E-state index is 12.9. The summed E-state index contributed by atoms with van der Waals surface area (Å²) in [4.78, 5) is 24.0. The van der Waals surface area contributed by atoms with Gasteiger partial charge in [-0.25, -0.2) is 0 Å². The number of carbonyl (C=O) groups excluding carboxylic acids is 2. The van der Waals surface area contributed by atoms with E-state index in [4.69, 9.17) is 9.15 Å². The van der Waals surface area contributed by atoms with Gasteiger partial charge in [0.2, 0.25) is 5.91 Å². The van der Waals surface area contributed by atoms with Gasteiger partial charge in [-0.1, -0.05) is 12.1 Å². The Balaban J connectivity index is 1.86. The molecule has 0 saturated heterocycles. The second-order valence-electron chi connectivity index (χ2n) is 5.92. The first-order chi connectivity index (χ1) is 12.7. The summed E-state index contributed by atoms with van der Waals surface area (Å²) in [6, 6.07) is 4.86. The minimum atomic E-state index is -4.53. The number of hydrogen-bond acceptors (Lipinski definition) is 4. The Bertz CT molecular complexity index is 775. The van der Waals surface area contributed by atoms with Gasteiger partial charge in [0.15, 0.2) is 0 Å². The quantitative estimate of drug-likeness (QED) is 0.769. The van der Waals surface area contributed by atoms with E-state index >= 15 is 0 Å². The molecule has 0 aliphatic carbocycles. The summed E-state index contributed by atoms with van der Waals surface area (Å²) in [5, 5.41) is 5.07. The molecule has 0 bridgehead atoms.